The first-order valence-electron chi connectivity index (χ1n) is 11.2. The highest BCUT2D eigenvalue weighted by Crippen LogP contribution is 2.41. The SMILES string of the molecule is CC(=O)N[C@@H]1C(=O)C[C@]2(C(=O)OC(C)(C)C)CN=NN2[C@H]1[C@@H]1O[C@H](c2ccccc2)OC[C@H]1O. The van der Waals surface area contributed by atoms with Crippen molar-refractivity contribution < 1.29 is 33.7 Å². The van der Waals surface area contributed by atoms with Crippen LogP contribution in [0.25, 0.3) is 0 Å². The second kappa shape index (κ2) is 9.05. The van der Waals surface area contributed by atoms with Crippen molar-refractivity contribution in [3.63, 3.8) is 0 Å². The number of piperidine rings is 1. The Labute approximate surface area is 197 Å². The number of rotatable bonds is 4. The van der Waals surface area contributed by atoms with E-state index in [2.05, 4.69) is 15.7 Å². The second-order valence-corrected chi connectivity index (χ2v) is 9.82. The Hall–Kier alpha value is -2.89. The molecule has 0 aliphatic carbocycles. The predicted octanol–water partition coefficient (Wildman–Crippen LogP) is 1.07. The zero-order chi connectivity index (χ0) is 24.7. The molecule has 0 bridgehead atoms. The maximum atomic E-state index is 13.4. The molecule has 11 heteroatoms. The molecular weight excluding hydrogens is 444 g/mol. The third kappa shape index (κ3) is 4.55. The van der Waals surface area contributed by atoms with Crippen molar-refractivity contribution in [1.29, 1.82) is 0 Å². The third-order valence-electron chi connectivity index (χ3n) is 5.99. The lowest BCUT2D eigenvalue weighted by atomic mass is 9.78. The number of aliphatic hydroxyl groups is 1. The Balaban J connectivity index is 1.72. The number of hydrogen-bond donors (Lipinski definition) is 2. The third-order valence-corrected chi connectivity index (χ3v) is 5.99. The van der Waals surface area contributed by atoms with E-state index in [0.29, 0.717) is 0 Å². The van der Waals surface area contributed by atoms with E-state index in [1.165, 1.54) is 11.9 Å². The Kier molecular flexibility index (Phi) is 6.45. The summed E-state index contributed by atoms with van der Waals surface area (Å²) in [6.07, 6.45) is -3.25. The number of carbonyl (C=O) groups is 3. The molecule has 184 valence electrons. The average Bonchev–Trinajstić information content (AvgIpc) is 3.19. The molecule has 0 spiro atoms. The first kappa shape index (κ1) is 24.2. The fourth-order valence-corrected chi connectivity index (χ4v) is 4.55. The van der Waals surface area contributed by atoms with Gasteiger partial charge >= 0.3 is 5.97 Å². The van der Waals surface area contributed by atoms with Crippen LogP contribution in [-0.4, -0.2) is 76.4 Å². The topological polar surface area (TPSA) is 139 Å². The highest BCUT2D eigenvalue weighted by atomic mass is 16.7. The molecular formula is C23H30N4O7. The standard InChI is InChI=1S/C23H30N4O7/c1-13(28)25-17-15(29)10-23(21(31)34-22(2,3)4)12-24-26-27(23)18(17)19-16(30)11-32-20(33-19)14-8-6-5-7-9-14/h5-9,16-20,30H,10-12H2,1-4H3,(H,25,28)/t16-,17-,18-,19-,20-,23-/m1/s1. The first-order chi connectivity index (χ1) is 16.0. The molecule has 3 heterocycles. The Morgan fingerprint density at radius 1 is 1.26 bits per heavy atom. The van der Waals surface area contributed by atoms with E-state index in [-0.39, 0.29) is 19.6 Å². The van der Waals surface area contributed by atoms with Gasteiger partial charge in [0.25, 0.3) is 0 Å². The number of aliphatic hydroxyl groups excluding tert-OH is 1. The molecule has 6 atom stereocenters. The van der Waals surface area contributed by atoms with Gasteiger partial charge in [0.05, 0.1) is 13.2 Å². The molecule has 3 aliphatic rings. The Bertz CT molecular complexity index is 979. The zero-order valence-electron chi connectivity index (χ0n) is 19.6. The fraction of sp³-hybridized carbons (Fsp3) is 0.609. The molecule has 4 rings (SSSR count). The van der Waals surface area contributed by atoms with E-state index < -0.39 is 59.4 Å². The van der Waals surface area contributed by atoms with Gasteiger partial charge < -0.3 is 24.6 Å². The van der Waals surface area contributed by atoms with E-state index in [1.807, 2.05) is 30.3 Å². The monoisotopic (exact) mass is 474 g/mol. The summed E-state index contributed by atoms with van der Waals surface area (Å²) in [4.78, 5) is 38.7. The van der Waals surface area contributed by atoms with Gasteiger partial charge in [0.1, 0.15) is 29.9 Å². The van der Waals surface area contributed by atoms with Gasteiger partial charge in [0, 0.05) is 18.9 Å². The molecule has 0 unspecified atom stereocenters. The summed E-state index contributed by atoms with van der Waals surface area (Å²) < 4.78 is 17.5. The van der Waals surface area contributed by atoms with E-state index >= 15 is 0 Å². The maximum Gasteiger partial charge on any atom is 0.336 e. The number of benzene rings is 1. The van der Waals surface area contributed by atoms with Gasteiger partial charge in [-0.2, -0.15) is 5.11 Å². The van der Waals surface area contributed by atoms with Gasteiger partial charge in [-0.05, 0) is 20.8 Å². The van der Waals surface area contributed by atoms with Crippen molar-refractivity contribution in [2.75, 3.05) is 13.2 Å². The maximum absolute atomic E-state index is 13.4. The van der Waals surface area contributed by atoms with Gasteiger partial charge in [0.2, 0.25) is 5.91 Å². The zero-order valence-corrected chi connectivity index (χ0v) is 19.6. The van der Waals surface area contributed by atoms with Crippen LogP contribution in [0.3, 0.4) is 0 Å². The van der Waals surface area contributed by atoms with E-state index in [4.69, 9.17) is 14.2 Å². The molecule has 34 heavy (non-hydrogen) atoms. The number of esters is 1. The Morgan fingerprint density at radius 2 is 1.97 bits per heavy atom. The summed E-state index contributed by atoms with van der Waals surface area (Å²) in [7, 11) is 0. The van der Waals surface area contributed by atoms with Crippen LogP contribution in [-0.2, 0) is 28.6 Å². The van der Waals surface area contributed by atoms with E-state index in [0.717, 1.165) is 5.56 Å². The van der Waals surface area contributed by atoms with Gasteiger partial charge in [-0.15, -0.1) is 0 Å². The second-order valence-electron chi connectivity index (χ2n) is 9.82. The molecule has 2 N–H and O–H groups in total. The van der Waals surface area contributed by atoms with Crippen LogP contribution < -0.4 is 5.32 Å². The van der Waals surface area contributed by atoms with E-state index in [9.17, 15) is 19.5 Å². The quantitative estimate of drug-likeness (QED) is 0.618. The molecule has 2 saturated heterocycles. The lowest BCUT2D eigenvalue weighted by Crippen LogP contribution is -2.73. The largest absolute Gasteiger partial charge is 0.458 e. The summed E-state index contributed by atoms with van der Waals surface area (Å²) in [6, 6.07) is 7.04. The average molecular weight is 475 g/mol. The molecule has 1 amide bonds. The summed E-state index contributed by atoms with van der Waals surface area (Å²) >= 11 is 0. The van der Waals surface area contributed by atoms with Crippen LogP contribution >= 0.6 is 0 Å². The van der Waals surface area contributed by atoms with Gasteiger partial charge in [-0.1, -0.05) is 35.6 Å². The minimum Gasteiger partial charge on any atom is -0.458 e. The number of Topliss-reactive ketones (excluding diaryl/α,β-unsaturated/α-hetero) is 1. The highest BCUT2D eigenvalue weighted by molar-refractivity contribution is 5.97. The molecule has 0 radical (unpaired) electrons. The number of fused-ring (bicyclic) bond motifs is 1. The number of hydrogen-bond acceptors (Lipinski definition) is 10. The number of ketones is 1. The van der Waals surface area contributed by atoms with Crippen molar-refractivity contribution in [1.82, 2.24) is 10.3 Å². The number of nitrogens with one attached hydrogen (secondary N) is 1. The number of ether oxygens (including phenoxy) is 3. The van der Waals surface area contributed by atoms with Crippen LogP contribution in [0, 0.1) is 0 Å². The summed E-state index contributed by atoms with van der Waals surface area (Å²) in [5.74, 6) is -1.48. The van der Waals surface area contributed by atoms with Crippen molar-refractivity contribution in [2.45, 2.75) is 75.8 Å². The predicted molar refractivity (Wildman–Crippen MR) is 117 cm³/mol. The lowest BCUT2D eigenvalue weighted by molar-refractivity contribution is -0.276. The minimum atomic E-state index is -1.49. The molecule has 1 aromatic carbocycles. The molecule has 3 aliphatic heterocycles. The van der Waals surface area contributed by atoms with Gasteiger partial charge in [-0.25, -0.2) is 4.79 Å². The molecule has 2 fully saturated rings. The van der Waals surface area contributed by atoms with E-state index in [1.54, 1.807) is 20.8 Å². The number of amides is 1. The summed E-state index contributed by atoms with van der Waals surface area (Å²) in [6.45, 7) is 6.32. The van der Waals surface area contributed by atoms with Crippen LogP contribution in [0.1, 0.15) is 46.0 Å². The van der Waals surface area contributed by atoms with Crippen LogP contribution in [0.15, 0.2) is 40.7 Å². The van der Waals surface area contributed by atoms with Crippen molar-refractivity contribution in [3.8, 4) is 0 Å². The van der Waals surface area contributed by atoms with Crippen molar-refractivity contribution in [2.24, 2.45) is 10.3 Å². The lowest BCUT2D eigenvalue weighted by Gasteiger charge is -2.50. The van der Waals surface area contributed by atoms with Gasteiger partial charge in [-0.3, -0.25) is 14.6 Å². The summed E-state index contributed by atoms with van der Waals surface area (Å²) in [5.41, 5.74) is -1.58. The fourth-order valence-electron chi connectivity index (χ4n) is 4.55. The molecule has 11 nitrogen and oxygen atoms in total. The molecule has 0 saturated carbocycles. The van der Waals surface area contributed by atoms with Gasteiger partial charge in [0.15, 0.2) is 17.6 Å². The normalized spacial score (nSPS) is 33.4. The molecule has 0 aromatic heterocycles. The Morgan fingerprint density at radius 3 is 2.62 bits per heavy atom. The van der Waals surface area contributed by atoms with Crippen LogP contribution in [0.4, 0.5) is 0 Å². The van der Waals surface area contributed by atoms with Crippen molar-refractivity contribution >= 4 is 17.7 Å². The smallest absolute Gasteiger partial charge is 0.336 e. The molecule has 1 aromatic rings. The highest BCUT2D eigenvalue weighted by Gasteiger charge is 2.63. The van der Waals surface area contributed by atoms with Crippen molar-refractivity contribution in [3.05, 3.63) is 35.9 Å². The number of carbonyl (C=O) groups excluding carboxylic acids is 3. The van der Waals surface area contributed by atoms with Crippen LogP contribution in [0.2, 0.25) is 0 Å². The first-order valence-corrected chi connectivity index (χ1v) is 11.2. The summed E-state index contributed by atoms with van der Waals surface area (Å²) in [5, 5.41) is 23.1. The van der Waals surface area contributed by atoms with Crippen LogP contribution in [0.5, 0.6) is 0 Å². The minimum absolute atomic E-state index is 0.0773. The number of nitrogens with zero attached hydrogens (tertiary/aromatic N) is 3.